The minimum absolute atomic E-state index is 0. The second kappa shape index (κ2) is 57.3. The molecule has 634 valence electrons. The molecule has 0 saturated heterocycles. The molecule has 1 amide bonds. The fourth-order valence-corrected chi connectivity index (χ4v) is 9.95. The van der Waals surface area contributed by atoms with E-state index >= 15 is 0 Å². The smallest absolute Gasteiger partial charge is 0.373 e. The molecular weight excluding hydrogens is 1530 g/mol. The van der Waals surface area contributed by atoms with Crippen LogP contribution in [-0.4, -0.2) is 154 Å². The summed E-state index contributed by atoms with van der Waals surface area (Å²) in [4.78, 5) is 119. The van der Waals surface area contributed by atoms with Crippen LogP contribution in [0.1, 0.15) is 165 Å². The molecular formula is C84H109ClF2N6O23. The quantitative estimate of drug-likeness (QED) is 0.0408. The number of Topliss-reactive ketones (excluding diaryl/α,β-unsaturated/α-hetero) is 2. The Morgan fingerprint density at radius 2 is 0.879 bits per heavy atom. The number of ether oxygens (including phenoxy) is 8. The van der Waals surface area contributed by atoms with Crippen molar-refractivity contribution in [2.24, 2.45) is 0 Å². The Hall–Kier alpha value is -12.8. The molecule has 1 atom stereocenters. The van der Waals surface area contributed by atoms with Crippen LogP contribution >= 0.6 is 11.6 Å². The van der Waals surface area contributed by atoms with Crippen LogP contribution in [0, 0.1) is 53.2 Å². The van der Waals surface area contributed by atoms with Crippen LogP contribution in [-0.2, 0) is 56.0 Å². The molecule has 0 fully saturated rings. The van der Waals surface area contributed by atoms with Gasteiger partial charge >= 0.3 is 18.5 Å². The van der Waals surface area contributed by atoms with Crippen molar-refractivity contribution in [3.8, 4) is 40.2 Å². The molecule has 3 N–H and O–H groups in total. The molecule has 8 aromatic rings. The number of amides is 1. The Kier molecular flexibility index (Phi) is 55.2. The van der Waals surface area contributed by atoms with Crippen molar-refractivity contribution in [3.05, 3.63) is 240 Å². The van der Waals surface area contributed by atoms with E-state index in [1.165, 1.54) is 91.4 Å². The number of ketones is 3. The summed E-state index contributed by atoms with van der Waals surface area (Å²) in [5.74, 6) is 2.73. The number of aliphatic hydroxyl groups excluding tert-OH is 2. The first kappa shape index (κ1) is 112. The number of hydroxylamine groups is 2. The second-order valence-corrected chi connectivity index (χ2v) is 22.9. The van der Waals surface area contributed by atoms with E-state index in [2.05, 4.69) is 25.3 Å². The largest absolute Gasteiger partial charge is 0.504 e. The van der Waals surface area contributed by atoms with Crippen molar-refractivity contribution in [3.63, 3.8) is 0 Å². The normalized spacial score (nSPS) is 11.3. The number of benzene rings is 2. The van der Waals surface area contributed by atoms with Crippen molar-refractivity contribution < 1.29 is 119 Å². The first-order valence-corrected chi connectivity index (χ1v) is 32.6. The minimum atomic E-state index is -0.680. The van der Waals surface area contributed by atoms with Crippen LogP contribution in [0.4, 0.5) is 8.78 Å². The van der Waals surface area contributed by atoms with Crippen LogP contribution in [0.3, 0.4) is 0 Å². The number of furan rings is 2. The lowest BCUT2D eigenvalue weighted by Gasteiger charge is -2.22. The van der Waals surface area contributed by atoms with E-state index in [9.17, 15) is 38.2 Å². The van der Waals surface area contributed by atoms with Gasteiger partial charge in [0.05, 0.1) is 109 Å². The number of hydrogen-bond acceptors (Lipinski definition) is 28. The van der Waals surface area contributed by atoms with Crippen molar-refractivity contribution in [2.75, 3.05) is 71.0 Å². The number of dihydropyridines is 1. The van der Waals surface area contributed by atoms with Gasteiger partial charge in [-0.15, -0.1) is 0 Å². The lowest BCUT2D eigenvalue weighted by atomic mass is 9.94. The van der Waals surface area contributed by atoms with E-state index in [1.54, 1.807) is 110 Å². The number of carbonyl (C=O) groups excluding carboxylic acids is 10. The van der Waals surface area contributed by atoms with Gasteiger partial charge < -0.3 is 62.3 Å². The van der Waals surface area contributed by atoms with Crippen LogP contribution < -0.4 is 38.5 Å². The molecule has 1 aliphatic heterocycles. The van der Waals surface area contributed by atoms with Gasteiger partial charge in [0.25, 0.3) is 5.91 Å². The zero-order valence-electron chi connectivity index (χ0n) is 63.9. The molecule has 29 nitrogen and oxygen atoms in total. The number of rotatable bonds is 18. The number of aromatic nitrogens is 4. The summed E-state index contributed by atoms with van der Waals surface area (Å²) in [6.07, 6.45) is 11.1. The number of aliphatic hydroxyl groups is 2. The molecule has 32 heteroatoms. The number of halogens is 3. The zero-order chi connectivity index (χ0) is 83.1. The molecule has 2 aromatic carbocycles. The molecule has 1 aliphatic carbocycles. The van der Waals surface area contributed by atoms with E-state index < -0.39 is 17.7 Å². The monoisotopic (exact) mass is 1640 g/mol. The Morgan fingerprint density at radius 1 is 0.517 bits per heavy atom. The molecule has 0 saturated carbocycles. The average Bonchev–Trinajstić information content (AvgIpc) is 1.34. The molecule has 0 spiro atoms. The van der Waals surface area contributed by atoms with Crippen molar-refractivity contribution in [1.29, 1.82) is 0 Å². The van der Waals surface area contributed by atoms with Crippen LogP contribution in [0.25, 0.3) is 0 Å². The number of allylic oxidation sites excluding steroid dienone is 4. The van der Waals surface area contributed by atoms with Gasteiger partial charge in [-0.05, 0) is 145 Å². The van der Waals surface area contributed by atoms with Crippen LogP contribution in [0.15, 0.2) is 153 Å². The summed E-state index contributed by atoms with van der Waals surface area (Å²) in [5.41, 5.74) is 9.34. The molecule has 116 heavy (non-hydrogen) atoms. The molecule has 0 radical (unpaired) electrons. The number of carbonyl (C=O) groups is 4. The summed E-state index contributed by atoms with van der Waals surface area (Å²) in [6, 6.07) is 18.6. The van der Waals surface area contributed by atoms with Gasteiger partial charge in [-0.2, -0.15) is 28.8 Å². The fourth-order valence-electron chi connectivity index (χ4n) is 9.69. The van der Waals surface area contributed by atoms with Gasteiger partial charge in [0.1, 0.15) is 40.6 Å². The number of aryl methyl sites for hydroxylation is 6. The highest BCUT2D eigenvalue weighted by Gasteiger charge is 2.30. The summed E-state index contributed by atoms with van der Waals surface area (Å²) in [5, 5.41) is 24.0. The number of hydrogen-bond donors (Lipinski definition) is 3. The Balaban J connectivity index is -0.000000423. The van der Waals surface area contributed by atoms with Gasteiger partial charge in [0, 0.05) is 56.4 Å². The fraction of sp³-hybridized carbons (Fsp3) is 0.345. The predicted molar refractivity (Wildman–Crippen MR) is 430 cm³/mol. The number of nitrogens with one attached hydrogen (secondary N) is 1. The first-order valence-electron chi connectivity index (χ1n) is 32.2. The lowest BCUT2D eigenvalue weighted by molar-refractivity contribution is -0.193. The highest BCUT2D eigenvalue weighted by atomic mass is 35.5. The maximum absolute atomic E-state index is 13.0. The lowest BCUT2D eigenvalue weighted by Crippen LogP contribution is -2.26. The van der Waals surface area contributed by atoms with Crippen molar-refractivity contribution >= 4 is 53.3 Å². The van der Waals surface area contributed by atoms with Gasteiger partial charge in [-0.3, -0.25) is 44.0 Å². The predicted octanol–water partition coefficient (Wildman–Crippen LogP) is 15.8. The standard InChI is InChI=1S/C20H18FNO4.C19H15FO4.C11H16N2O4.C9H13NO2.C8H10ClNO.C8H13NO2.3CO2.6CH4/c1-12-19(24-2)20(25-3)16(11-22-12)18(23)17-9-8-15(26-17)10-13-4-6-14(21)7-5-13;1-11-2-8-15(19(23)17(11)21)18(22)16-9-7-14(24-16)10-12-3-5-13(20)6-4-12;1-7-9(15-3)10(16-4)8(6-12-7)11(14)13(2)17-5;1-6-5-10-7(2)9(12-4)8(6)11-3;1-5-4-10-6(2)8(11-3)7(5)9;1-5-4-9-6(2)8(11-3)7(5)10;3*2-1-3;;;;;;/h4-9,11H,10H2,1-3H3;3-9,21H,2,10H2,1H3;6H,1-5H3;5H,1-4H3;4H,1-3H3;4,7,9-10H,1-3H3;;;;6*1H4. The SMILES string of the molecule is C.C.C.C.C.C.CC1=C(O)C(=O)C(C(=O)c2ccc(Cc3ccc(F)cc3)o2)=CC1.COC1=C(C)NC=C(C)C1O.COc1c(C(=O)N(C)OC)cnc(C)c1OC.COc1c(C(=O)c2ccc(Cc3ccc(F)cc3)o2)cnc(C)c1OC.COc1c(C)cnc(C)c1OC.COc1c(C)ncc(C)c1Cl.O=C=O.O=C=O.O=C=O. The van der Waals surface area contributed by atoms with E-state index in [-0.39, 0.29) is 115 Å². The maximum Gasteiger partial charge on any atom is 0.373 e. The van der Waals surface area contributed by atoms with E-state index in [0.717, 1.165) is 61.5 Å². The van der Waals surface area contributed by atoms with Gasteiger partial charge in [0.15, 0.2) is 57.5 Å². The average molecular weight is 1640 g/mol. The van der Waals surface area contributed by atoms with Gasteiger partial charge in [-0.25, -0.2) is 13.8 Å². The molecule has 1 unspecified atom stereocenters. The summed E-state index contributed by atoms with van der Waals surface area (Å²) in [7, 11) is 15.2. The Morgan fingerprint density at radius 3 is 1.25 bits per heavy atom. The van der Waals surface area contributed by atoms with Crippen LogP contribution in [0.2, 0.25) is 5.02 Å². The third kappa shape index (κ3) is 32.4. The highest BCUT2D eigenvalue weighted by Crippen LogP contribution is 2.37. The highest BCUT2D eigenvalue weighted by molar-refractivity contribution is 6.33. The summed E-state index contributed by atoms with van der Waals surface area (Å²) in [6.45, 7) is 16.5. The van der Waals surface area contributed by atoms with Gasteiger partial charge in [0.2, 0.25) is 17.3 Å². The molecule has 0 bridgehead atoms. The molecule has 2 aliphatic rings. The Labute approximate surface area is 682 Å². The van der Waals surface area contributed by atoms with E-state index in [1.807, 2.05) is 41.5 Å². The maximum atomic E-state index is 13.0. The zero-order valence-corrected chi connectivity index (χ0v) is 64.7. The summed E-state index contributed by atoms with van der Waals surface area (Å²) >= 11 is 5.93. The minimum Gasteiger partial charge on any atom is -0.504 e. The van der Waals surface area contributed by atoms with Gasteiger partial charge in [-0.1, -0.05) is 86.5 Å². The molecule has 6 aromatic heterocycles. The number of methoxy groups -OCH3 is 8. The Bertz CT molecular complexity index is 4610. The first-order chi connectivity index (χ1) is 52.3. The van der Waals surface area contributed by atoms with E-state index in [0.29, 0.717) is 92.8 Å². The third-order valence-electron chi connectivity index (χ3n) is 15.3. The topological polar surface area (TPSA) is 387 Å². The van der Waals surface area contributed by atoms with Crippen LogP contribution in [0.5, 0.6) is 40.2 Å². The summed E-state index contributed by atoms with van der Waals surface area (Å²) < 4.78 is 78.5. The second-order valence-electron chi connectivity index (χ2n) is 22.6. The number of pyridine rings is 4. The van der Waals surface area contributed by atoms with Crippen molar-refractivity contribution in [2.45, 2.75) is 132 Å². The van der Waals surface area contributed by atoms with Crippen molar-refractivity contribution in [1.82, 2.24) is 30.3 Å². The molecule has 7 heterocycles. The number of nitrogens with zero attached hydrogens (tertiary/aromatic N) is 5. The molecule has 10 rings (SSSR count). The van der Waals surface area contributed by atoms with E-state index in [4.69, 9.17) is 91.9 Å². The third-order valence-corrected chi connectivity index (χ3v) is 15.8.